The third-order valence-electron chi connectivity index (χ3n) is 2.78. The largest absolute Gasteiger partial charge is 0.213 e. The average molecular weight is 172 g/mol. The fourth-order valence-electron chi connectivity index (χ4n) is 2.26. The molecule has 3 heteroatoms. The van der Waals surface area contributed by atoms with Gasteiger partial charge in [0.05, 0.1) is 0 Å². The highest BCUT2D eigenvalue weighted by Gasteiger charge is 2.42. The topological polar surface area (TPSA) is 38.5 Å². The van der Waals surface area contributed by atoms with Crippen molar-refractivity contribution in [1.29, 1.82) is 0 Å². The predicted molar refractivity (Wildman–Crippen MR) is 49.1 cm³/mol. The van der Waals surface area contributed by atoms with Crippen LogP contribution in [0.15, 0.2) is 0 Å². The van der Waals surface area contributed by atoms with Crippen molar-refractivity contribution in [1.82, 2.24) is 5.06 Å². The van der Waals surface area contributed by atoms with Crippen LogP contribution in [0.2, 0.25) is 0 Å². The molecule has 0 radical (unpaired) electrons. The monoisotopic (exact) mass is 172 g/mol. The lowest BCUT2D eigenvalue weighted by Crippen LogP contribution is -2.59. The van der Waals surface area contributed by atoms with Crippen LogP contribution in [0.3, 0.4) is 0 Å². The summed E-state index contributed by atoms with van der Waals surface area (Å²) in [5, 5.41) is 1.92. The molecule has 0 saturated carbocycles. The van der Waals surface area contributed by atoms with Crippen molar-refractivity contribution < 1.29 is 4.94 Å². The van der Waals surface area contributed by atoms with E-state index in [4.69, 9.17) is 10.8 Å². The molecule has 1 heterocycles. The van der Waals surface area contributed by atoms with Crippen molar-refractivity contribution in [2.24, 2.45) is 5.90 Å². The Morgan fingerprint density at radius 3 is 1.75 bits per heavy atom. The number of nitrogens with zero attached hydrogens (tertiary/aromatic N) is 1. The first-order valence-electron chi connectivity index (χ1n) is 4.57. The van der Waals surface area contributed by atoms with Crippen LogP contribution in [0.4, 0.5) is 0 Å². The molecule has 0 aliphatic carbocycles. The molecular weight excluding hydrogens is 152 g/mol. The molecule has 1 aliphatic heterocycles. The number of nitrogens with two attached hydrogens (primary N) is 1. The zero-order valence-electron chi connectivity index (χ0n) is 8.55. The molecule has 0 aromatic rings. The SMILES string of the molecule is CC1(C)CCCC(C)(C)N1ON. The molecule has 0 bridgehead atoms. The predicted octanol–water partition coefficient (Wildman–Crippen LogP) is 1.83. The van der Waals surface area contributed by atoms with Gasteiger partial charge < -0.3 is 0 Å². The van der Waals surface area contributed by atoms with Gasteiger partial charge in [0.2, 0.25) is 0 Å². The van der Waals surface area contributed by atoms with E-state index in [2.05, 4.69) is 27.7 Å². The number of hydrogen-bond donors (Lipinski definition) is 1. The van der Waals surface area contributed by atoms with E-state index in [1.807, 2.05) is 5.06 Å². The molecule has 2 N–H and O–H groups in total. The molecule has 1 fully saturated rings. The van der Waals surface area contributed by atoms with Crippen molar-refractivity contribution in [3.63, 3.8) is 0 Å². The molecule has 0 aromatic heterocycles. The Kier molecular flexibility index (Phi) is 2.47. The summed E-state index contributed by atoms with van der Waals surface area (Å²) in [6.45, 7) is 8.67. The number of rotatable bonds is 1. The highest BCUT2D eigenvalue weighted by atomic mass is 16.8. The Hall–Kier alpha value is -0.120. The molecular formula is C9H20N2O. The second kappa shape index (κ2) is 2.98. The minimum atomic E-state index is 0.0660. The highest BCUT2D eigenvalue weighted by Crippen LogP contribution is 2.37. The van der Waals surface area contributed by atoms with Crippen LogP contribution < -0.4 is 5.90 Å². The van der Waals surface area contributed by atoms with E-state index in [9.17, 15) is 0 Å². The Balaban J connectivity index is 2.81. The maximum Gasteiger partial charge on any atom is 0.0431 e. The van der Waals surface area contributed by atoms with Gasteiger partial charge in [0.25, 0.3) is 0 Å². The van der Waals surface area contributed by atoms with Gasteiger partial charge in [-0.3, -0.25) is 0 Å². The van der Waals surface area contributed by atoms with E-state index >= 15 is 0 Å². The molecule has 1 aliphatic rings. The van der Waals surface area contributed by atoms with Crippen LogP contribution >= 0.6 is 0 Å². The Labute approximate surface area is 74.8 Å². The maximum absolute atomic E-state index is 5.28. The lowest BCUT2D eigenvalue weighted by Gasteiger charge is -2.49. The molecule has 0 atom stereocenters. The van der Waals surface area contributed by atoms with Crippen LogP contribution in [0.1, 0.15) is 47.0 Å². The lowest BCUT2D eigenvalue weighted by molar-refractivity contribution is -0.284. The first-order valence-corrected chi connectivity index (χ1v) is 4.57. The summed E-state index contributed by atoms with van der Waals surface area (Å²) < 4.78 is 0. The highest BCUT2D eigenvalue weighted by molar-refractivity contribution is 4.92. The van der Waals surface area contributed by atoms with Crippen LogP contribution in [0.25, 0.3) is 0 Å². The minimum Gasteiger partial charge on any atom is -0.213 e. The van der Waals surface area contributed by atoms with Gasteiger partial charge in [-0.15, -0.1) is 0 Å². The minimum absolute atomic E-state index is 0.0660. The fraction of sp³-hybridized carbons (Fsp3) is 1.00. The molecule has 12 heavy (non-hydrogen) atoms. The van der Waals surface area contributed by atoms with Crippen molar-refractivity contribution in [2.45, 2.75) is 58.0 Å². The summed E-state index contributed by atoms with van der Waals surface area (Å²) in [4.78, 5) is 4.96. The van der Waals surface area contributed by atoms with E-state index < -0.39 is 0 Å². The quantitative estimate of drug-likeness (QED) is 0.613. The number of hydrogen-bond acceptors (Lipinski definition) is 3. The molecule has 3 nitrogen and oxygen atoms in total. The third kappa shape index (κ3) is 1.63. The molecule has 0 spiro atoms. The normalized spacial score (nSPS) is 28.8. The first-order chi connectivity index (χ1) is 5.40. The van der Waals surface area contributed by atoms with E-state index in [0.717, 1.165) is 12.8 Å². The van der Waals surface area contributed by atoms with Gasteiger partial charge in [0, 0.05) is 11.1 Å². The first kappa shape index (κ1) is 9.96. The Morgan fingerprint density at radius 1 is 1.08 bits per heavy atom. The molecule has 1 rings (SSSR count). The smallest absolute Gasteiger partial charge is 0.0431 e. The van der Waals surface area contributed by atoms with Crippen molar-refractivity contribution in [3.8, 4) is 0 Å². The third-order valence-corrected chi connectivity index (χ3v) is 2.78. The maximum atomic E-state index is 5.28. The standard InChI is InChI=1S/C9H20N2O/c1-8(2)6-5-7-9(3,4)11(8)12-10/h5-7,10H2,1-4H3. The van der Waals surface area contributed by atoms with Gasteiger partial charge >= 0.3 is 0 Å². The lowest BCUT2D eigenvalue weighted by atomic mass is 9.82. The molecule has 1 saturated heterocycles. The van der Waals surface area contributed by atoms with Gasteiger partial charge in [-0.05, 0) is 47.0 Å². The summed E-state index contributed by atoms with van der Waals surface area (Å²) in [5.41, 5.74) is 0.132. The van der Waals surface area contributed by atoms with Gasteiger partial charge in [0.15, 0.2) is 0 Å². The number of piperidine rings is 1. The van der Waals surface area contributed by atoms with Gasteiger partial charge in [0.1, 0.15) is 0 Å². The summed E-state index contributed by atoms with van der Waals surface area (Å²) in [6, 6.07) is 0. The van der Waals surface area contributed by atoms with Gasteiger partial charge in [-0.25, -0.2) is 4.94 Å². The second-order valence-electron chi connectivity index (χ2n) is 4.88. The summed E-state index contributed by atoms with van der Waals surface area (Å²) in [7, 11) is 0. The second-order valence-corrected chi connectivity index (χ2v) is 4.88. The van der Waals surface area contributed by atoms with Crippen molar-refractivity contribution in [2.75, 3.05) is 0 Å². The Morgan fingerprint density at radius 2 is 1.50 bits per heavy atom. The van der Waals surface area contributed by atoms with Crippen LogP contribution in [0, 0.1) is 0 Å². The van der Waals surface area contributed by atoms with Crippen LogP contribution in [0.5, 0.6) is 0 Å². The summed E-state index contributed by atoms with van der Waals surface area (Å²) >= 11 is 0. The van der Waals surface area contributed by atoms with Gasteiger partial charge in [-0.1, -0.05) is 0 Å². The Bertz CT molecular complexity index is 150. The average Bonchev–Trinajstić information content (AvgIpc) is 1.83. The summed E-state index contributed by atoms with van der Waals surface area (Å²) in [6.07, 6.45) is 3.54. The summed E-state index contributed by atoms with van der Waals surface area (Å²) in [5.74, 6) is 5.28. The molecule has 0 unspecified atom stereocenters. The zero-order valence-corrected chi connectivity index (χ0v) is 8.55. The number of hydroxylamine groups is 2. The van der Waals surface area contributed by atoms with E-state index in [0.29, 0.717) is 0 Å². The molecule has 0 aromatic carbocycles. The zero-order chi connectivity index (χ0) is 9.41. The van der Waals surface area contributed by atoms with Crippen molar-refractivity contribution in [3.05, 3.63) is 0 Å². The van der Waals surface area contributed by atoms with Crippen molar-refractivity contribution >= 4 is 0 Å². The van der Waals surface area contributed by atoms with Crippen LogP contribution in [-0.4, -0.2) is 16.1 Å². The van der Waals surface area contributed by atoms with Gasteiger partial charge in [-0.2, -0.15) is 11.0 Å². The van der Waals surface area contributed by atoms with E-state index in [1.54, 1.807) is 0 Å². The molecule has 72 valence electrons. The van der Waals surface area contributed by atoms with Crippen LogP contribution in [-0.2, 0) is 4.94 Å². The van der Waals surface area contributed by atoms with E-state index in [-0.39, 0.29) is 11.1 Å². The van der Waals surface area contributed by atoms with E-state index in [1.165, 1.54) is 6.42 Å². The molecule has 0 amide bonds. The fourth-order valence-corrected chi connectivity index (χ4v) is 2.26.